The summed E-state index contributed by atoms with van der Waals surface area (Å²) >= 11 is 0. The van der Waals surface area contributed by atoms with Gasteiger partial charge in [-0.15, -0.1) is 0 Å². The van der Waals surface area contributed by atoms with Gasteiger partial charge in [0.15, 0.2) is 11.9 Å². The molecule has 3 N–H and O–H groups in total. The molecule has 9 nitrogen and oxygen atoms in total. The Bertz CT molecular complexity index is 1170. The van der Waals surface area contributed by atoms with Crippen LogP contribution in [0.15, 0.2) is 47.0 Å². The van der Waals surface area contributed by atoms with Crippen LogP contribution in [0.3, 0.4) is 0 Å². The Morgan fingerprint density at radius 2 is 1.88 bits per heavy atom. The fourth-order valence-corrected chi connectivity index (χ4v) is 3.30. The Hall–Kier alpha value is -3.63. The molecule has 0 spiro atoms. The molecule has 1 atom stereocenters. The number of carbonyl (C=O) groups excluding carboxylic acids is 2. The van der Waals surface area contributed by atoms with Crippen LogP contribution in [-0.4, -0.2) is 51.3 Å². The summed E-state index contributed by atoms with van der Waals surface area (Å²) in [4.78, 5) is 28.5. The molecule has 1 aromatic heterocycles. The molecule has 0 saturated heterocycles. The van der Waals surface area contributed by atoms with Crippen molar-refractivity contribution in [3.8, 4) is 17.2 Å². The molecule has 2 aromatic carbocycles. The molecule has 3 aromatic rings. The number of ether oxygens (including phenoxy) is 1. The topological polar surface area (TPSA) is 135 Å². The van der Waals surface area contributed by atoms with Gasteiger partial charge >= 0.3 is 0 Å². The number of halogens is 1. The molecule has 1 heterocycles. The normalized spacial score (nSPS) is 14.1. The van der Waals surface area contributed by atoms with Gasteiger partial charge in [0.25, 0.3) is 11.8 Å². The lowest BCUT2D eigenvalue weighted by atomic mass is 10.1. The SMILES string of the molecule is CC(Oc1ccc(C(=O)C2CC2)cc1)c1noc(-c2ccc(C(=O)NC(CO)CO)c(F)c2)n1. The van der Waals surface area contributed by atoms with Gasteiger partial charge in [0, 0.05) is 17.0 Å². The minimum Gasteiger partial charge on any atom is -0.483 e. The molecule has 4 rings (SSSR count). The Kier molecular flexibility index (Phi) is 6.99. The number of ketones is 1. The van der Waals surface area contributed by atoms with Gasteiger partial charge in [-0.1, -0.05) is 5.16 Å². The molecular formula is C24H24FN3O6. The summed E-state index contributed by atoms with van der Waals surface area (Å²) in [5.74, 6) is -0.467. The summed E-state index contributed by atoms with van der Waals surface area (Å²) in [6.45, 7) is 0.774. The summed E-state index contributed by atoms with van der Waals surface area (Å²) in [7, 11) is 0. The number of nitrogens with one attached hydrogen (secondary N) is 1. The number of carbonyl (C=O) groups is 2. The van der Waals surface area contributed by atoms with Crippen LogP contribution in [0.1, 0.15) is 52.4 Å². The number of aromatic nitrogens is 2. The second-order valence-corrected chi connectivity index (χ2v) is 8.11. The van der Waals surface area contributed by atoms with Gasteiger partial charge in [-0.3, -0.25) is 9.59 Å². The predicted molar refractivity (Wildman–Crippen MR) is 118 cm³/mol. The molecule has 1 fully saturated rings. The second-order valence-electron chi connectivity index (χ2n) is 8.11. The maximum absolute atomic E-state index is 14.5. The van der Waals surface area contributed by atoms with E-state index in [1.165, 1.54) is 12.1 Å². The summed E-state index contributed by atoms with van der Waals surface area (Å²) in [5.41, 5.74) is 0.672. The van der Waals surface area contributed by atoms with Crippen LogP contribution >= 0.6 is 0 Å². The van der Waals surface area contributed by atoms with Crippen molar-refractivity contribution in [1.29, 1.82) is 0 Å². The third-order valence-corrected chi connectivity index (χ3v) is 5.44. The number of amides is 1. The number of aliphatic hydroxyl groups is 2. The zero-order chi connectivity index (χ0) is 24.2. The number of hydrogen-bond acceptors (Lipinski definition) is 8. The summed E-state index contributed by atoms with van der Waals surface area (Å²) < 4.78 is 25.6. The molecule has 0 radical (unpaired) electrons. The van der Waals surface area contributed by atoms with Crippen LogP contribution in [0, 0.1) is 11.7 Å². The largest absolute Gasteiger partial charge is 0.483 e. The van der Waals surface area contributed by atoms with Crippen LogP contribution < -0.4 is 10.1 Å². The first-order valence-corrected chi connectivity index (χ1v) is 10.9. The quantitative estimate of drug-likeness (QED) is 0.386. The van der Waals surface area contributed by atoms with Crippen LogP contribution in [-0.2, 0) is 0 Å². The number of Topliss-reactive ketones (excluding diaryl/α,β-unsaturated/α-hetero) is 1. The lowest BCUT2D eigenvalue weighted by molar-refractivity contribution is 0.0875. The van der Waals surface area contributed by atoms with Crippen molar-refractivity contribution < 1.29 is 33.5 Å². The molecule has 178 valence electrons. The van der Waals surface area contributed by atoms with Gasteiger partial charge < -0.3 is 24.8 Å². The molecule has 1 unspecified atom stereocenters. The zero-order valence-corrected chi connectivity index (χ0v) is 18.4. The molecule has 34 heavy (non-hydrogen) atoms. The third kappa shape index (κ3) is 5.29. The molecule has 1 saturated carbocycles. The van der Waals surface area contributed by atoms with Crippen LogP contribution in [0.5, 0.6) is 5.75 Å². The molecule has 10 heteroatoms. The van der Waals surface area contributed by atoms with E-state index in [4.69, 9.17) is 19.5 Å². The number of nitrogens with zero attached hydrogens (tertiary/aromatic N) is 2. The van der Waals surface area contributed by atoms with E-state index in [0.717, 1.165) is 18.9 Å². The molecular weight excluding hydrogens is 445 g/mol. The van der Waals surface area contributed by atoms with E-state index in [-0.39, 0.29) is 34.5 Å². The van der Waals surface area contributed by atoms with Crippen molar-refractivity contribution in [1.82, 2.24) is 15.5 Å². The van der Waals surface area contributed by atoms with Crippen molar-refractivity contribution in [2.24, 2.45) is 5.92 Å². The van der Waals surface area contributed by atoms with E-state index >= 15 is 0 Å². The Balaban J connectivity index is 1.41. The monoisotopic (exact) mass is 469 g/mol. The standard InChI is InChI=1S/C24H24FN3O6/c1-13(33-18-7-4-15(5-8-18)21(31)14-2-3-14)22-27-24(34-28-22)16-6-9-19(20(25)10-16)23(32)26-17(11-29)12-30/h4-10,13-14,17,29-30H,2-3,11-12H2,1H3,(H,26,32). The van der Waals surface area contributed by atoms with Crippen molar-refractivity contribution >= 4 is 11.7 Å². The minimum atomic E-state index is -0.888. The van der Waals surface area contributed by atoms with Gasteiger partial charge in [-0.05, 0) is 62.2 Å². The van der Waals surface area contributed by atoms with E-state index in [0.29, 0.717) is 11.3 Å². The number of hydrogen-bond donors (Lipinski definition) is 3. The second kappa shape index (κ2) is 10.1. The number of benzene rings is 2. The number of aliphatic hydroxyl groups excluding tert-OH is 2. The Morgan fingerprint density at radius 3 is 2.50 bits per heavy atom. The van der Waals surface area contributed by atoms with Crippen LogP contribution in [0.2, 0.25) is 0 Å². The van der Waals surface area contributed by atoms with E-state index < -0.39 is 37.1 Å². The first-order valence-electron chi connectivity index (χ1n) is 10.9. The van der Waals surface area contributed by atoms with E-state index in [2.05, 4.69) is 15.5 Å². The van der Waals surface area contributed by atoms with E-state index in [1.807, 2.05) is 0 Å². The Morgan fingerprint density at radius 1 is 1.18 bits per heavy atom. The van der Waals surface area contributed by atoms with Gasteiger partial charge in [-0.25, -0.2) is 4.39 Å². The predicted octanol–water partition coefficient (Wildman–Crippen LogP) is 2.69. The maximum Gasteiger partial charge on any atom is 0.258 e. The highest BCUT2D eigenvalue weighted by Gasteiger charge is 2.30. The first kappa shape index (κ1) is 23.5. The van der Waals surface area contributed by atoms with Gasteiger partial charge in [0.2, 0.25) is 5.82 Å². The van der Waals surface area contributed by atoms with Gasteiger partial charge in [-0.2, -0.15) is 4.98 Å². The smallest absolute Gasteiger partial charge is 0.258 e. The highest BCUT2D eigenvalue weighted by Crippen LogP contribution is 2.33. The molecule has 0 bridgehead atoms. The summed E-state index contributed by atoms with van der Waals surface area (Å²) in [6, 6.07) is 9.78. The molecule has 1 aliphatic carbocycles. The van der Waals surface area contributed by atoms with E-state index in [9.17, 15) is 14.0 Å². The zero-order valence-electron chi connectivity index (χ0n) is 18.4. The van der Waals surface area contributed by atoms with Gasteiger partial charge in [0.05, 0.1) is 24.8 Å². The fraction of sp³-hybridized carbons (Fsp3) is 0.333. The van der Waals surface area contributed by atoms with Crippen molar-refractivity contribution in [2.45, 2.75) is 31.9 Å². The molecule has 0 aliphatic heterocycles. The molecule has 1 amide bonds. The van der Waals surface area contributed by atoms with E-state index in [1.54, 1.807) is 31.2 Å². The summed E-state index contributed by atoms with van der Waals surface area (Å²) in [5, 5.41) is 24.3. The highest BCUT2D eigenvalue weighted by atomic mass is 19.1. The van der Waals surface area contributed by atoms with Crippen LogP contribution in [0.25, 0.3) is 11.5 Å². The molecule has 1 aliphatic rings. The first-order chi connectivity index (χ1) is 16.4. The fourth-order valence-electron chi connectivity index (χ4n) is 3.30. The van der Waals surface area contributed by atoms with Crippen molar-refractivity contribution in [2.75, 3.05) is 13.2 Å². The van der Waals surface area contributed by atoms with Crippen molar-refractivity contribution in [3.05, 3.63) is 65.2 Å². The minimum absolute atomic E-state index is 0.0466. The third-order valence-electron chi connectivity index (χ3n) is 5.44. The lowest BCUT2D eigenvalue weighted by Gasteiger charge is -2.13. The average Bonchev–Trinajstić information content (AvgIpc) is 3.58. The lowest BCUT2D eigenvalue weighted by Crippen LogP contribution is -2.40. The summed E-state index contributed by atoms with van der Waals surface area (Å²) in [6.07, 6.45) is 1.32. The number of rotatable bonds is 10. The Labute approximate surface area is 194 Å². The van der Waals surface area contributed by atoms with Crippen molar-refractivity contribution in [3.63, 3.8) is 0 Å². The highest BCUT2D eigenvalue weighted by molar-refractivity contribution is 5.99. The maximum atomic E-state index is 14.5. The van der Waals surface area contributed by atoms with Gasteiger partial charge in [0.1, 0.15) is 11.6 Å². The average molecular weight is 469 g/mol. The van der Waals surface area contributed by atoms with Crippen LogP contribution in [0.4, 0.5) is 4.39 Å².